The first-order chi connectivity index (χ1) is 15.5. The van der Waals surface area contributed by atoms with Gasteiger partial charge in [0.15, 0.2) is 11.5 Å². The summed E-state index contributed by atoms with van der Waals surface area (Å²) >= 11 is 6.55. The van der Waals surface area contributed by atoms with Crippen LogP contribution >= 0.6 is 11.6 Å². The standard InChI is InChI=1S/C22H19ClF2N6O/c23-19-18(12-6-27-30-21(12)17(20(19)25)10-3-1-2-4-10)14-8-31-9-15(28-16(31)7-26-14)29-22(32)11-5-13(11)24/h6-11,13H,1-5H2,(H,27,30)(H,29,32). The number of benzene rings is 1. The highest BCUT2D eigenvalue weighted by molar-refractivity contribution is 6.35. The molecule has 2 fully saturated rings. The van der Waals surface area contributed by atoms with Crippen molar-refractivity contribution in [3.63, 3.8) is 0 Å². The fraction of sp³-hybridized carbons (Fsp3) is 0.364. The Morgan fingerprint density at radius 1 is 1.25 bits per heavy atom. The number of amides is 1. The number of imidazole rings is 1. The lowest BCUT2D eigenvalue weighted by molar-refractivity contribution is -0.117. The number of anilines is 1. The average Bonchev–Trinajstić information content (AvgIpc) is 3.21. The smallest absolute Gasteiger partial charge is 0.231 e. The van der Waals surface area contributed by atoms with Gasteiger partial charge in [-0.1, -0.05) is 24.4 Å². The fourth-order valence-corrected chi connectivity index (χ4v) is 5.03. The van der Waals surface area contributed by atoms with Crippen LogP contribution < -0.4 is 5.32 Å². The molecule has 2 N–H and O–H groups in total. The SMILES string of the molecule is O=C(Nc1cn2cc(-c3c(Cl)c(F)c(C4CCCC4)c4[nH]ncc34)ncc2n1)C1CC1F. The highest BCUT2D eigenvalue weighted by atomic mass is 35.5. The maximum atomic E-state index is 15.5. The van der Waals surface area contributed by atoms with Gasteiger partial charge in [-0.3, -0.25) is 14.9 Å². The summed E-state index contributed by atoms with van der Waals surface area (Å²) in [5.41, 5.74) is 2.64. The van der Waals surface area contributed by atoms with E-state index in [9.17, 15) is 9.18 Å². The molecule has 0 saturated heterocycles. The second-order valence-corrected chi connectivity index (χ2v) is 8.95. The number of nitrogens with one attached hydrogen (secondary N) is 2. The van der Waals surface area contributed by atoms with Gasteiger partial charge in [0.25, 0.3) is 0 Å². The van der Waals surface area contributed by atoms with Crippen LogP contribution in [0.25, 0.3) is 27.8 Å². The van der Waals surface area contributed by atoms with E-state index in [-0.39, 0.29) is 23.3 Å². The van der Waals surface area contributed by atoms with Gasteiger partial charge >= 0.3 is 0 Å². The van der Waals surface area contributed by atoms with Gasteiger partial charge in [0.05, 0.1) is 40.7 Å². The fourth-order valence-electron chi connectivity index (χ4n) is 4.73. The number of hydrogen-bond donors (Lipinski definition) is 2. The third-order valence-electron chi connectivity index (χ3n) is 6.49. The molecule has 0 aliphatic heterocycles. The van der Waals surface area contributed by atoms with E-state index in [1.807, 2.05) is 0 Å². The van der Waals surface area contributed by atoms with Crippen molar-refractivity contribution in [3.05, 3.63) is 41.2 Å². The molecular weight excluding hydrogens is 438 g/mol. The highest BCUT2D eigenvalue weighted by Gasteiger charge is 2.43. The van der Waals surface area contributed by atoms with Gasteiger partial charge in [-0.2, -0.15) is 5.10 Å². The number of carbonyl (C=O) groups excluding carboxylic acids is 1. The van der Waals surface area contributed by atoms with E-state index < -0.39 is 17.9 Å². The average molecular weight is 457 g/mol. The number of fused-ring (bicyclic) bond motifs is 2. The predicted octanol–water partition coefficient (Wildman–Crippen LogP) is 5.02. The Kier molecular flexibility index (Phi) is 4.43. The van der Waals surface area contributed by atoms with Gasteiger partial charge in [0.2, 0.25) is 5.91 Å². The van der Waals surface area contributed by atoms with Crippen LogP contribution in [0, 0.1) is 11.7 Å². The van der Waals surface area contributed by atoms with E-state index in [0.29, 0.717) is 39.2 Å². The molecule has 32 heavy (non-hydrogen) atoms. The van der Waals surface area contributed by atoms with Gasteiger partial charge in [-0.25, -0.2) is 13.8 Å². The number of halogens is 3. The van der Waals surface area contributed by atoms with Crippen LogP contribution in [0.2, 0.25) is 5.02 Å². The third-order valence-corrected chi connectivity index (χ3v) is 6.84. The van der Waals surface area contributed by atoms with Gasteiger partial charge in [-0.15, -0.1) is 0 Å². The largest absolute Gasteiger partial charge is 0.309 e. The molecule has 2 aliphatic rings. The molecule has 0 spiro atoms. The maximum absolute atomic E-state index is 15.5. The predicted molar refractivity (Wildman–Crippen MR) is 116 cm³/mol. The van der Waals surface area contributed by atoms with Crippen molar-refractivity contribution in [1.82, 2.24) is 24.6 Å². The van der Waals surface area contributed by atoms with Crippen LogP contribution in [0.4, 0.5) is 14.6 Å². The Hall–Kier alpha value is -3.07. The normalized spacial score (nSPS) is 21.0. The van der Waals surface area contributed by atoms with Crippen molar-refractivity contribution < 1.29 is 13.6 Å². The molecule has 1 aromatic carbocycles. The van der Waals surface area contributed by atoms with E-state index in [1.165, 1.54) is 6.20 Å². The Labute approximate surface area is 186 Å². The molecule has 10 heteroatoms. The lowest BCUT2D eigenvalue weighted by Crippen LogP contribution is -2.15. The molecule has 2 unspecified atom stereocenters. The zero-order chi connectivity index (χ0) is 22.0. The van der Waals surface area contributed by atoms with Crippen molar-refractivity contribution >= 4 is 39.9 Å². The molecule has 0 radical (unpaired) electrons. The van der Waals surface area contributed by atoms with E-state index >= 15 is 4.39 Å². The molecule has 2 saturated carbocycles. The van der Waals surface area contributed by atoms with Gasteiger partial charge in [0, 0.05) is 22.7 Å². The molecule has 6 rings (SSSR count). The molecular formula is C22H19ClF2N6O. The second kappa shape index (κ2) is 7.23. The Bertz CT molecular complexity index is 1380. The summed E-state index contributed by atoms with van der Waals surface area (Å²) in [6, 6.07) is 0. The Morgan fingerprint density at radius 3 is 2.78 bits per heavy atom. The lowest BCUT2D eigenvalue weighted by atomic mass is 9.92. The summed E-state index contributed by atoms with van der Waals surface area (Å²) in [5, 5.41) is 10.5. The van der Waals surface area contributed by atoms with Crippen molar-refractivity contribution in [1.29, 1.82) is 0 Å². The van der Waals surface area contributed by atoms with E-state index in [2.05, 4.69) is 25.5 Å². The summed E-state index contributed by atoms with van der Waals surface area (Å²) in [4.78, 5) is 20.7. The summed E-state index contributed by atoms with van der Waals surface area (Å²) in [6.07, 6.45) is 9.61. The lowest BCUT2D eigenvalue weighted by Gasteiger charge is -2.16. The van der Waals surface area contributed by atoms with Gasteiger partial charge in [0.1, 0.15) is 12.0 Å². The number of carbonyl (C=O) groups is 1. The van der Waals surface area contributed by atoms with Crippen LogP contribution in [0.5, 0.6) is 0 Å². The molecule has 3 aromatic heterocycles. The number of aromatic amines is 1. The van der Waals surface area contributed by atoms with E-state index in [4.69, 9.17) is 11.6 Å². The van der Waals surface area contributed by atoms with Crippen LogP contribution in [0.1, 0.15) is 43.6 Å². The molecule has 7 nitrogen and oxygen atoms in total. The Morgan fingerprint density at radius 2 is 2.03 bits per heavy atom. The van der Waals surface area contributed by atoms with Crippen molar-refractivity contribution in [3.8, 4) is 11.3 Å². The number of H-pyrrole nitrogens is 1. The summed E-state index contributed by atoms with van der Waals surface area (Å²) in [5.74, 6) is -1.01. The van der Waals surface area contributed by atoms with Crippen molar-refractivity contribution in [2.75, 3.05) is 5.32 Å². The zero-order valence-corrected chi connectivity index (χ0v) is 17.7. The molecule has 3 heterocycles. The summed E-state index contributed by atoms with van der Waals surface area (Å²) < 4.78 is 30.3. The quantitative estimate of drug-likeness (QED) is 0.451. The summed E-state index contributed by atoms with van der Waals surface area (Å²) in [6.45, 7) is 0. The van der Waals surface area contributed by atoms with Gasteiger partial charge in [-0.05, 0) is 25.2 Å². The van der Waals surface area contributed by atoms with E-state index in [1.54, 1.807) is 23.0 Å². The topological polar surface area (TPSA) is 88.0 Å². The second-order valence-electron chi connectivity index (χ2n) is 8.57. The van der Waals surface area contributed by atoms with Crippen LogP contribution in [0.3, 0.4) is 0 Å². The third kappa shape index (κ3) is 3.06. The van der Waals surface area contributed by atoms with Crippen LogP contribution in [-0.2, 0) is 4.79 Å². The molecule has 0 bridgehead atoms. The number of rotatable bonds is 4. The van der Waals surface area contributed by atoms with Crippen LogP contribution in [0.15, 0.2) is 24.8 Å². The van der Waals surface area contributed by atoms with Crippen LogP contribution in [-0.4, -0.2) is 36.6 Å². The number of aromatic nitrogens is 5. The monoisotopic (exact) mass is 456 g/mol. The maximum Gasteiger partial charge on any atom is 0.231 e. The number of nitrogens with zero attached hydrogens (tertiary/aromatic N) is 4. The first kappa shape index (κ1) is 19.6. The zero-order valence-electron chi connectivity index (χ0n) is 16.9. The number of alkyl halides is 1. The summed E-state index contributed by atoms with van der Waals surface area (Å²) in [7, 11) is 0. The molecule has 1 amide bonds. The first-order valence-corrected chi connectivity index (χ1v) is 11.0. The molecule has 4 aromatic rings. The minimum Gasteiger partial charge on any atom is -0.309 e. The number of hydrogen-bond acceptors (Lipinski definition) is 4. The van der Waals surface area contributed by atoms with Crippen molar-refractivity contribution in [2.24, 2.45) is 5.92 Å². The molecule has 164 valence electrons. The minimum absolute atomic E-state index is 0.0176. The molecule has 2 aliphatic carbocycles. The van der Waals surface area contributed by atoms with Gasteiger partial charge < -0.3 is 9.72 Å². The minimum atomic E-state index is -1.08. The first-order valence-electron chi connectivity index (χ1n) is 10.6. The van der Waals surface area contributed by atoms with Crippen molar-refractivity contribution in [2.45, 2.75) is 44.2 Å². The highest BCUT2D eigenvalue weighted by Crippen LogP contribution is 2.45. The van der Waals surface area contributed by atoms with E-state index in [0.717, 1.165) is 25.7 Å². The molecule has 2 atom stereocenters. The Balaban J connectivity index is 1.42.